The van der Waals surface area contributed by atoms with Crippen LogP contribution in [0.1, 0.15) is 36.5 Å². The number of rotatable bonds is 7. The molecule has 1 aromatic rings. The molecule has 0 aliphatic rings. The van der Waals surface area contributed by atoms with E-state index in [2.05, 4.69) is 5.32 Å². The van der Waals surface area contributed by atoms with Gasteiger partial charge in [0.2, 0.25) is 0 Å². The van der Waals surface area contributed by atoms with Gasteiger partial charge in [0.25, 0.3) is 5.91 Å². The van der Waals surface area contributed by atoms with E-state index in [0.29, 0.717) is 12.5 Å². The van der Waals surface area contributed by atoms with Crippen molar-refractivity contribution in [1.29, 1.82) is 0 Å². The van der Waals surface area contributed by atoms with Crippen LogP contribution in [0.4, 0.5) is 13.2 Å². The van der Waals surface area contributed by atoms with E-state index >= 15 is 0 Å². The molecule has 0 aromatic heterocycles. The second-order valence-electron chi connectivity index (χ2n) is 4.33. The highest BCUT2D eigenvalue weighted by molar-refractivity contribution is 5.96. The Hall–Kier alpha value is -2.05. The summed E-state index contributed by atoms with van der Waals surface area (Å²) in [7, 11) is 0. The van der Waals surface area contributed by atoms with Crippen molar-refractivity contribution in [3.63, 3.8) is 0 Å². The van der Waals surface area contributed by atoms with Gasteiger partial charge in [-0.05, 0) is 18.6 Å². The fourth-order valence-corrected chi connectivity index (χ4v) is 1.54. The molecule has 0 bridgehead atoms. The summed E-state index contributed by atoms with van der Waals surface area (Å²) in [6.07, 6.45) is 2.61. The van der Waals surface area contributed by atoms with Crippen molar-refractivity contribution in [1.82, 2.24) is 5.32 Å². The first-order valence-corrected chi connectivity index (χ1v) is 6.54. The van der Waals surface area contributed by atoms with E-state index in [1.54, 1.807) is 0 Å². The van der Waals surface area contributed by atoms with Gasteiger partial charge in [0.1, 0.15) is 6.54 Å². The molecule has 0 heterocycles. The van der Waals surface area contributed by atoms with Crippen LogP contribution < -0.4 is 5.32 Å². The molecule has 7 heteroatoms. The van der Waals surface area contributed by atoms with Crippen molar-refractivity contribution in [2.24, 2.45) is 0 Å². The van der Waals surface area contributed by atoms with Gasteiger partial charge in [-0.25, -0.2) is 13.2 Å². The number of unbranched alkanes of at least 4 members (excludes halogenated alkanes) is 2. The Morgan fingerprint density at radius 2 is 1.86 bits per heavy atom. The second kappa shape index (κ2) is 8.28. The maximum Gasteiger partial charge on any atom is 0.325 e. The number of benzene rings is 1. The van der Waals surface area contributed by atoms with Crippen LogP contribution in [0.5, 0.6) is 0 Å². The lowest BCUT2D eigenvalue weighted by atomic mass is 10.2. The number of nitrogens with one attached hydrogen (secondary N) is 1. The first-order valence-electron chi connectivity index (χ1n) is 6.54. The average molecular weight is 303 g/mol. The van der Waals surface area contributed by atoms with E-state index in [4.69, 9.17) is 4.74 Å². The van der Waals surface area contributed by atoms with Crippen LogP contribution in [0.15, 0.2) is 12.1 Å². The molecule has 21 heavy (non-hydrogen) atoms. The molecule has 4 nitrogen and oxygen atoms in total. The van der Waals surface area contributed by atoms with E-state index in [1.807, 2.05) is 6.92 Å². The molecule has 1 aromatic carbocycles. The third-order valence-electron chi connectivity index (χ3n) is 2.68. The molecule has 0 saturated carbocycles. The number of halogens is 3. The number of hydrogen-bond acceptors (Lipinski definition) is 3. The highest BCUT2D eigenvalue weighted by Crippen LogP contribution is 2.14. The van der Waals surface area contributed by atoms with Gasteiger partial charge in [0.15, 0.2) is 17.5 Å². The summed E-state index contributed by atoms with van der Waals surface area (Å²) < 4.78 is 43.8. The zero-order valence-corrected chi connectivity index (χ0v) is 11.5. The minimum atomic E-state index is -1.73. The molecule has 0 aliphatic carbocycles. The van der Waals surface area contributed by atoms with Gasteiger partial charge in [-0.15, -0.1) is 0 Å². The number of esters is 1. The second-order valence-corrected chi connectivity index (χ2v) is 4.33. The first kappa shape index (κ1) is 17.0. The summed E-state index contributed by atoms with van der Waals surface area (Å²) in [5.74, 6) is -6.41. The van der Waals surface area contributed by atoms with E-state index in [0.717, 1.165) is 18.9 Å². The minimum absolute atomic E-state index is 0.238. The highest BCUT2D eigenvalue weighted by Gasteiger charge is 2.19. The molecular formula is C14H16F3NO3. The number of hydrogen-bond donors (Lipinski definition) is 1. The molecule has 0 saturated heterocycles. The fraction of sp³-hybridized carbons (Fsp3) is 0.429. The number of ether oxygens (including phenoxy) is 1. The Morgan fingerprint density at radius 1 is 1.14 bits per heavy atom. The molecule has 0 radical (unpaired) electrons. The molecule has 116 valence electrons. The fourth-order valence-electron chi connectivity index (χ4n) is 1.54. The Morgan fingerprint density at radius 3 is 2.52 bits per heavy atom. The zero-order chi connectivity index (χ0) is 15.8. The lowest BCUT2D eigenvalue weighted by Gasteiger charge is -2.07. The SMILES string of the molecule is CCCCCOC(=O)CNC(=O)c1ccc(F)c(F)c1F. The Labute approximate surface area is 120 Å². The standard InChI is InChI=1S/C14H16F3NO3/c1-2-3-4-7-21-11(19)8-18-14(20)9-5-6-10(15)13(17)12(9)16/h5-6H,2-4,7-8H2,1H3,(H,18,20). The van der Waals surface area contributed by atoms with Crippen molar-refractivity contribution in [3.8, 4) is 0 Å². The molecule has 1 amide bonds. The maximum absolute atomic E-state index is 13.3. The smallest absolute Gasteiger partial charge is 0.325 e. The van der Waals surface area contributed by atoms with Gasteiger partial charge < -0.3 is 10.1 Å². The van der Waals surface area contributed by atoms with Gasteiger partial charge in [-0.2, -0.15) is 0 Å². The van der Waals surface area contributed by atoms with E-state index in [-0.39, 0.29) is 6.61 Å². The molecule has 0 atom stereocenters. The van der Waals surface area contributed by atoms with Gasteiger partial charge in [-0.1, -0.05) is 19.8 Å². The summed E-state index contributed by atoms with van der Waals surface area (Å²) in [5.41, 5.74) is -0.673. The van der Waals surface area contributed by atoms with Crippen LogP contribution in [-0.4, -0.2) is 25.0 Å². The van der Waals surface area contributed by atoms with Crippen LogP contribution in [0.2, 0.25) is 0 Å². The summed E-state index contributed by atoms with van der Waals surface area (Å²) in [4.78, 5) is 22.8. The lowest BCUT2D eigenvalue weighted by Crippen LogP contribution is -2.31. The molecule has 1 N–H and O–H groups in total. The van der Waals surface area contributed by atoms with Crippen molar-refractivity contribution >= 4 is 11.9 Å². The topological polar surface area (TPSA) is 55.4 Å². The quantitative estimate of drug-likeness (QED) is 0.478. The normalized spacial score (nSPS) is 10.3. The maximum atomic E-state index is 13.3. The van der Waals surface area contributed by atoms with Crippen LogP contribution in [0.3, 0.4) is 0 Å². The summed E-state index contributed by atoms with van der Waals surface area (Å²) in [5, 5.41) is 2.08. The van der Waals surface area contributed by atoms with Gasteiger partial charge >= 0.3 is 5.97 Å². The average Bonchev–Trinajstić information content (AvgIpc) is 2.47. The molecule has 0 fully saturated rings. The monoisotopic (exact) mass is 303 g/mol. The first-order chi connectivity index (χ1) is 9.97. The largest absolute Gasteiger partial charge is 0.464 e. The Kier molecular flexibility index (Phi) is 6.71. The summed E-state index contributed by atoms with van der Waals surface area (Å²) >= 11 is 0. The van der Waals surface area contributed by atoms with E-state index in [1.165, 1.54) is 0 Å². The lowest BCUT2D eigenvalue weighted by molar-refractivity contribution is -0.142. The Bertz CT molecular complexity index is 520. The highest BCUT2D eigenvalue weighted by atomic mass is 19.2. The summed E-state index contributed by atoms with van der Waals surface area (Å²) in [6, 6.07) is 1.44. The number of amides is 1. The van der Waals surface area contributed by atoms with Crippen molar-refractivity contribution in [2.45, 2.75) is 26.2 Å². The molecular weight excluding hydrogens is 287 g/mol. The van der Waals surface area contributed by atoms with Crippen LogP contribution in [0.25, 0.3) is 0 Å². The van der Waals surface area contributed by atoms with Gasteiger partial charge in [0.05, 0.1) is 12.2 Å². The minimum Gasteiger partial charge on any atom is -0.464 e. The predicted molar refractivity (Wildman–Crippen MR) is 69.1 cm³/mol. The number of carbonyl (C=O) groups is 2. The van der Waals surface area contributed by atoms with Crippen LogP contribution in [0, 0.1) is 17.5 Å². The van der Waals surface area contributed by atoms with Crippen molar-refractivity contribution in [2.75, 3.05) is 13.2 Å². The molecule has 0 aliphatic heterocycles. The van der Waals surface area contributed by atoms with Crippen molar-refractivity contribution in [3.05, 3.63) is 35.1 Å². The third-order valence-corrected chi connectivity index (χ3v) is 2.68. The van der Waals surface area contributed by atoms with Gasteiger partial charge in [-0.3, -0.25) is 9.59 Å². The summed E-state index contributed by atoms with van der Waals surface area (Å²) in [6.45, 7) is 1.77. The van der Waals surface area contributed by atoms with Crippen molar-refractivity contribution < 1.29 is 27.5 Å². The zero-order valence-electron chi connectivity index (χ0n) is 11.5. The van der Waals surface area contributed by atoms with Crippen LogP contribution >= 0.6 is 0 Å². The third kappa shape index (κ3) is 5.09. The molecule has 0 spiro atoms. The Balaban J connectivity index is 2.47. The van der Waals surface area contributed by atoms with Gasteiger partial charge in [0, 0.05) is 0 Å². The van der Waals surface area contributed by atoms with E-state index < -0.39 is 41.4 Å². The van der Waals surface area contributed by atoms with Crippen LogP contribution in [-0.2, 0) is 9.53 Å². The molecule has 0 unspecified atom stereocenters. The molecule has 1 rings (SSSR count). The predicted octanol–water partition coefficient (Wildman–Crippen LogP) is 2.57. The number of carbonyl (C=O) groups excluding carboxylic acids is 2. The van der Waals surface area contributed by atoms with E-state index in [9.17, 15) is 22.8 Å².